The van der Waals surface area contributed by atoms with Crippen LogP contribution in [0.1, 0.15) is 127 Å². The van der Waals surface area contributed by atoms with Crippen LogP contribution in [0.25, 0.3) is 22.6 Å². The molecule has 28 nitrogen and oxygen atoms in total. The number of amides is 10. The number of hydrogen-bond donors (Lipinski definition) is 5. The highest BCUT2D eigenvalue weighted by Gasteiger charge is 2.47. The zero-order chi connectivity index (χ0) is 67.7. The van der Waals surface area contributed by atoms with Gasteiger partial charge in [0.1, 0.15) is 71.8 Å². The Morgan fingerprint density at radius 1 is 0.604 bits per heavy atom. The van der Waals surface area contributed by atoms with Crippen molar-refractivity contribution in [2.45, 2.75) is 169 Å². The monoisotopic (exact) mass is 1270 g/mol. The van der Waals surface area contributed by atoms with Gasteiger partial charge in [0.05, 0.1) is 29.9 Å². The van der Waals surface area contributed by atoms with Gasteiger partial charge in [0, 0.05) is 53.9 Å². The van der Waals surface area contributed by atoms with Crippen molar-refractivity contribution in [1.29, 1.82) is 0 Å². The van der Waals surface area contributed by atoms with Crippen molar-refractivity contribution in [3.05, 3.63) is 44.6 Å². The predicted molar refractivity (Wildman–Crippen MR) is 331 cm³/mol. The van der Waals surface area contributed by atoms with Crippen LogP contribution in [0.2, 0.25) is 0 Å². The quantitative estimate of drug-likeness (QED) is 0.148. The molecule has 91 heavy (non-hydrogen) atoms. The molecule has 0 bridgehead atoms. The minimum Gasteiger partial charge on any atom is -0.458 e. The maximum Gasteiger partial charge on any atom is 0.329 e. The fourth-order valence-corrected chi connectivity index (χ4v) is 12.5. The minimum atomic E-state index is -1.86. The summed E-state index contributed by atoms with van der Waals surface area (Å²) in [5.41, 5.74) is -2.09. The number of carbonyl (C=O) groups is 12. The highest BCUT2D eigenvalue weighted by atomic mass is 16.6. The minimum absolute atomic E-state index is 0.0396. The van der Waals surface area contributed by atoms with Crippen LogP contribution in [-0.4, -0.2) is 227 Å². The van der Waals surface area contributed by atoms with Gasteiger partial charge in [0.25, 0.3) is 11.8 Å². The summed E-state index contributed by atoms with van der Waals surface area (Å²) in [5, 5.41) is 13.6. The van der Waals surface area contributed by atoms with Gasteiger partial charge < -0.3 is 69.9 Å². The molecule has 10 amide bonds. The first-order valence-corrected chi connectivity index (χ1v) is 31.0. The van der Waals surface area contributed by atoms with E-state index >= 15 is 9.59 Å². The largest absolute Gasteiger partial charge is 0.458 e. The Bertz CT molecular complexity index is 3440. The Morgan fingerprint density at radius 3 is 1.44 bits per heavy atom. The van der Waals surface area contributed by atoms with Crippen molar-refractivity contribution in [2.75, 3.05) is 66.7 Å². The molecular formula is C63H88N12O16. The molecule has 1 aromatic carbocycles. The molecule has 6 aliphatic rings. The van der Waals surface area contributed by atoms with Gasteiger partial charge in [-0.1, -0.05) is 61.5 Å². The number of ether oxygens (including phenoxy) is 2. The predicted octanol–water partition coefficient (Wildman–Crippen LogP) is 1.19. The normalized spacial score (nSPS) is 26.0. The van der Waals surface area contributed by atoms with Crippen LogP contribution in [0.5, 0.6) is 0 Å². The lowest BCUT2D eigenvalue weighted by atomic mass is 9.98. The summed E-state index contributed by atoms with van der Waals surface area (Å²) >= 11 is 0. The lowest BCUT2D eigenvalue weighted by Crippen LogP contribution is -2.61. The number of likely N-dealkylation sites (N-methyl/N-ethyl adjacent to an activating group) is 4. The summed E-state index contributed by atoms with van der Waals surface area (Å²) in [4.78, 5) is 200. The number of benzene rings is 2. The van der Waals surface area contributed by atoms with E-state index in [0.717, 1.165) is 9.80 Å². The first-order valence-electron chi connectivity index (χ1n) is 31.0. The Labute approximate surface area is 528 Å². The third kappa shape index (κ3) is 14.1. The van der Waals surface area contributed by atoms with E-state index in [1.54, 1.807) is 62.3 Å². The van der Waals surface area contributed by atoms with Gasteiger partial charge in [-0.05, 0) is 88.7 Å². The van der Waals surface area contributed by atoms with E-state index in [1.807, 2.05) is 0 Å². The topological polar surface area (TPSA) is 346 Å². The second-order valence-corrected chi connectivity index (χ2v) is 25.8. The van der Waals surface area contributed by atoms with Crippen LogP contribution in [0.15, 0.2) is 21.3 Å². The molecule has 1 aromatic rings. The van der Waals surface area contributed by atoms with Crippen molar-refractivity contribution in [2.24, 2.45) is 23.7 Å². The number of carbonyl (C=O) groups excluding carboxylic acids is 12. The molecule has 0 aromatic heterocycles. The molecule has 0 saturated carbocycles. The molecule has 496 valence electrons. The second kappa shape index (κ2) is 28.2. The molecule has 4 fully saturated rings. The molecule has 7 rings (SSSR count). The highest BCUT2D eigenvalue weighted by molar-refractivity contribution is 6.11. The average molecular weight is 1270 g/mol. The fourth-order valence-electron chi connectivity index (χ4n) is 12.5. The third-order valence-corrected chi connectivity index (χ3v) is 17.7. The standard InChI is InChI=1S/C63H88N12O16/c1-28(2)42-60(85)74-24-18-20-37(74)58(83)70(14)26-39(76)72(16)49(30(5)6)62(87)89-34(11)44(56(81)66-42)68-54(79)36-23-22-32(9)52-46(36)65-48-41(47(64-13)51(78)33(10)53(48)91-52)55(80)69-45-35(12)90-63(88)50(31(7)8)73(17)40(77)27-71(15)59(84)38-21-19-25-75(38)61(86)43(29(3)4)67-57(45)82/h22-23,28-31,34-35,37-38,42-45,49-50,64H,18-21,24-27H2,1-17H3,(H,66,81)(H,67,82)(H,68,79)(H,69,80)/t34-,35-,37+,38+,42-,43-,44+,45+,49+,50+/m1/s1. The van der Waals surface area contributed by atoms with E-state index in [-0.39, 0.29) is 65.3 Å². The van der Waals surface area contributed by atoms with E-state index in [1.165, 1.54) is 87.7 Å². The highest BCUT2D eigenvalue weighted by Crippen LogP contribution is 2.36. The number of nitrogens with zero attached hydrogens (tertiary/aromatic N) is 7. The number of esters is 2. The number of aryl methyl sites for hydroxylation is 1. The first-order chi connectivity index (χ1) is 42.6. The van der Waals surface area contributed by atoms with E-state index in [9.17, 15) is 52.7 Å². The van der Waals surface area contributed by atoms with Crippen molar-refractivity contribution in [3.63, 3.8) is 0 Å². The fraction of sp³-hybridized carbons (Fsp3) is 0.619. The Morgan fingerprint density at radius 2 is 1.03 bits per heavy atom. The first kappa shape index (κ1) is 69.7. The lowest BCUT2D eigenvalue weighted by Gasteiger charge is -2.36. The number of hydrogen-bond acceptors (Lipinski definition) is 18. The van der Waals surface area contributed by atoms with Gasteiger partial charge in [-0.3, -0.25) is 52.7 Å². The smallest absolute Gasteiger partial charge is 0.329 e. The summed E-state index contributed by atoms with van der Waals surface area (Å²) < 4.78 is 18.4. The number of nitrogens with one attached hydrogen (secondary N) is 5. The Hall–Kier alpha value is -8.72. The van der Waals surface area contributed by atoms with Gasteiger partial charge in [-0.2, -0.15) is 0 Å². The van der Waals surface area contributed by atoms with Crippen LogP contribution in [0, 0.1) is 37.5 Å². The van der Waals surface area contributed by atoms with Gasteiger partial charge in [-0.15, -0.1) is 0 Å². The third-order valence-electron chi connectivity index (χ3n) is 17.7. The van der Waals surface area contributed by atoms with Gasteiger partial charge in [0.2, 0.25) is 52.7 Å². The number of fused-ring (bicyclic) bond motifs is 4. The number of aromatic nitrogens is 1. The van der Waals surface area contributed by atoms with Crippen molar-refractivity contribution >= 4 is 87.8 Å². The summed E-state index contributed by atoms with van der Waals surface area (Å²) in [5.74, 6) is -12.1. The number of cyclic esters (lactones) is 2. The zero-order valence-corrected chi connectivity index (χ0v) is 55.1. The lowest BCUT2D eigenvalue weighted by molar-refractivity contribution is -0.163. The average Bonchev–Trinajstić information content (AvgIpc) is 1.53. The van der Waals surface area contributed by atoms with Crippen molar-refractivity contribution < 1.29 is 71.4 Å². The maximum atomic E-state index is 15.4. The molecule has 5 heterocycles. The molecule has 1 aliphatic carbocycles. The van der Waals surface area contributed by atoms with E-state index in [4.69, 9.17) is 18.9 Å². The van der Waals surface area contributed by atoms with E-state index < -0.39 is 179 Å². The number of rotatable bonds is 9. The second-order valence-electron chi connectivity index (χ2n) is 25.8. The molecule has 5 N–H and O–H groups in total. The SMILES string of the molecule is CNc1c(C(=O)N[C@@H]2C(=O)N[C@H](C(C)C)C(=O)N3CCC[C@H]3C(=O)N(C)CC(=O)N(C)[C@@H](C(C)C)C(=O)O[C@@H]2C)c2nc3c(C(=O)N[C@@H]4C(=O)N[C@H](C(C)C)C(=O)N5CCC[C@H]5C(=O)N(C)CC(=O)N(C)[C@@H](C(C)C)C(=O)O[C@@H]4C)ccc(C)c3oc-2c(C)c1=O. The molecule has 28 heteroatoms. The van der Waals surface area contributed by atoms with Crippen LogP contribution in [0.3, 0.4) is 0 Å². The van der Waals surface area contributed by atoms with E-state index in [0.29, 0.717) is 18.4 Å². The van der Waals surface area contributed by atoms with Crippen molar-refractivity contribution in [3.8, 4) is 11.5 Å². The van der Waals surface area contributed by atoms with Gasteiger partial charge in [-0.25, -0.2) is 14.6 Å². The van der Waals surface area contributed by atoms with Crippen molar-refractivity contribution in [1.82, 2.24) is 55.7 Å². The van der Waals surface area contributed by atoms with Crippen LogP contribution in [0.4, 0.5) is 5.69 Å². The van der Waals surface area contributed by atoms with Gasteiger partial charge >= 0.3 is 11.9 Å². The number of anilines is 1. The Balaban J connectivity index is 1.34. The summed E-state index contributed by atoms with van der Waals surface area (Å²) in [6, 6.07) is -7.78. The van der Waals surface area contributed by atoms with E-state index in [2.05, 4.69) is 26.6 Å². The van der Waals surface area contributed by atoms with Crippen LogP contribution in [-0.2, 0) is 57.4 Å². The molecular weight excluding hydrogens is 1180 g/mol. The van der Waals surface area contributed by atoms with Gasteiger partial charge in [0.15, 0.2) is 11.3 Å². The maximum absolute atomic E-state index is 15.4. The van der Waals surface area contributed by atoms with Crippen LogP contribution < -0.4 is 32.0 Å². The van der Waals surface area contributed by atoms with Crippen LogP contribution >= 0.6 is 0 Å². The molecule has 4 saturated heterocycles. The molecule has 10 atom stereocenters. The summed E-state index contributed by atoms with van der Waals surface area (Å²) in [7, 11) is 6.97. The molecule has 0 radical (unpaired) electrons. The Kier molecular flexibility index (Phi) is 21.6. The zero-order valence-electron chi connectivity index (χ0n) is 55.1. The summed E-state index contributed by atoms with van der Waals surface area (Å²) in [6.07, 6.45) is -1.60. The molecule has 0 spiro atoms. The molecule has 0 unspecified atom stereocenters. The molecule has 5 aliphatic heterocycles. The summed E-state index contributed by atoms with van der Waals surface area (Å²) in [6.45, 7) is 18.6.